The zero-order chi connectivity index (χ0) is 15.6. The third kappa shape index (κ3) is 5.47. The molecule has 1 aromatic heterocycles. The molecule has 0 bridgehead atoms. The number of benzene rings is 1. The highest BCUT2D eigenvalue weighted by Crippen LogP contribution is 2.26. The van der Waals surface area contributed by atoms with Crippen LogP contribution < -0.4 is 5.32 Å². The Morgan fingerprint density at radius 2 is 2.00 bits per heavy atom. The van der Waals surface area contributed by atoms with Crippen molar-refractivity contribution in [3.63, 3.8) is 0 Å². The van der Waals surface area contributed by atoms with Gasteiger partial charge < -0.3 is 10.4 Å². The summed E-state index contributed by atoms with van der Waals surface area (Å²) >= 11 is 1.70. The van der Waals surface area contributed by atoms with Gasteiger partial charge >= 0.3 is 0 Å². The van der Waals surface area contributed by atoms with Crippen molar-refractivity contribution in [2.75, 3.05) is 13.2 Å². The zero-order valence-electron chi connectivity index (χ0n) is 12.4. The Morgan fingerprint density at radius 1 is 1.18 bits per heavy atom. The van der Waals surface area contributed by atoms with E-state index in [1.54, 1.807) is 23.5 Å². The average Bonchev–Trinajstić information content (AvgIpc) is 3.07. The highest BCUT2D eigenvalue weighted by atomic mass is 32.1. The summed E-state index contributed by atoms with van der Waals surface area (Å²) in [7, 11) is 0. The van der Waals surface area contributed by atoms with Gasteiger partial charge in [0.05, 0.1) is 0 Å². The highest BCUT2D eigenvalue weighted by molar-refractivity contribution is 7.10. The van der Waals surface area contributed by atoms with Crippen LogP contribution in [0.5, 0.6) is 0 Å². The van der Waals surface area contributed by atoms with E-state index in [4.69, 9.17) is 5.11 Å². The van der Waals surface area contributed by atoms with E-state index in [2.05, 4.69) is 11.4 Å². The van der Waals surface area contributed by atoms with Crippen LogP contribution in [0.3, 0.4) is 0 Å². The van der Waals surface area contributed by atoms with Crippen molar-refractivity contribution < 1.29 is 9.90 Å². The second-order valence-electron chi connectivity index (χ2n) is 5.05. The van der Waals surface area contributed by atoms with Crippen molar-refractivity contribution in [1.82, 2.24) is 5.32 Å². The molecule has 2 rings (SSSR count). The van der Waals surface area contributed by atoms with Gasteiger partial charge in [-0.3, -0.25) is 4.79 Å². The summed E-state index contributed by atoms with van der Waals surface area (Å²) in [6.07, 6.45) is 4.93. The van der Waals surface area contributed by atoms with Gasteiger partial charge in [0, 0.05) is 24.1 Å². The Kier molecular flexibility index (Phi) is 6.87. The summed E-state index contributed by atoms with van der Waals surface area (Å²) in [6.45, 7) is 0.783. The second kappa shape index (κ2) is 9.18. The Morgan fingerprint density at radius 3 is 2.68 bits per heavy atom. The normalized spacial score (nSPS) is 12.4. The first-order valence-corrected chi connectivity index (χ1v) is 8.33. The summed E-state index contributed by atoms with van der Waals surface area (Å²) in [5, 5.41) is 14.1. The van der Waals surface area contributed by atoms with Gasteiger partial charge in [-0.25, -0.2) is 0 Å². The number of amides is 1. The molecule has 116 valence electrons. The van der Waals surface area contributed by atoms with Crippen LogP contribution in [0.25, 0.3) is 6.08 Å². The van der Waals surface area contributed by atoms with Crippen LogP contribution in [-0.2, 0) is 4.79 Å². The van der Waals surface area contributed by atoms with Crippen LogP contribution in [0.2, 0.25) is 0 Å². The van der Waals surface area contributed by atoms with Crippen LogP contribution in [0.4, 0.5) is 0 Å². The number of aliphatic hydroxyl groups is 1. The van der Waals surface area contributed by atoms with E-state index in [0.29, 0.717) is 12.5 Å². The van der Waals surface area contributed by atoms with Gasteiger partial charge in [0.15, 0.2) is 0 Å². The molecule has 2 aromatic rings. The molecule has 4 heteroatoms. The van der Waals surface area contributed by atoms with Gasteiger partial charge in [0.2, 0.25) is 5.91 Å². The fraction of sp³-hybridized carbons (Fsp3) is 0.278. The predicted molar refractivity (Wildman–Crippen MR) is 91.9 cm³/mol. The fourth-order valence-electron chi connectivity index (χ4n) is 2.27. The third-order valence-electron chi connectivity index (χ3n) is 3.44. The van der Waals surface area contributed by atoms with Gasteiger partial charge in [0.25, 0.3) is 0 Å². The molecule has 0 aliphatic heterocycles. The third-order valence-corrected chi connectivity index (χ3v) is 4.48. The lowest BCUT2D eigenvalue weighted by Gasteiger charge is -2.14. The molecule has 1 atom stereocenters. The highest BCUT2D eigenvalue weighted by Gasteiger charge is 2.12. The Hall–Kier alpha value is -1.91. The number of hydrogen-bond acceptors (Lipinski definition) is 3. The van der Waals surface area contributed by atoms with E-state index < -0.39 is 0 Å². The zero-order valence-corrected chi connectivity index (χ0v) is 13.3. The van der Waals surface area contributed by atoms with E-state index in [1.165, 1.54) is 4.88 Å². The minimum absolute atomic E-state index is 0.0854. The Balaban J connectivity index is 1.77. The molecule has 1 aromatic carbocycles. The topological polar surface area (TPSA) is 49.3 Å². The van der Waals surface area contributed by atoms with Gasteiger partial charge in [0.1, 0.15) is 0 Å². The molecular formula is C18H21NO2S. The number of carbonyl (C=O) groups is 1. The average molecular weight is 315 g/mol. The van der Waals surface area contributed by atoms with Crippen molar-refractivity contribution in [3.05, 3.63) is 64.4 Å². The lowest BCUT2D eigenvalue weighted by molar-refractivity contribution is -0.116. The van der Waals surface area contributed by atoms with E-state index in [0.717, 1.165) is 18.4 Å². The lowest BCUT2D eigenvalue weighted by Crippen LogP contribution is -2.23. The molecule has 0 aliphatic rings. The minimum Gasteiger partial charge on any atom is -0.396 e. The first-order chi connectivity index (χ1) is 10.8. The maximum Gasteiger partial charge on any atom is 0.243 e. The predicted octanol–water partition coefficient (Wildman–Crippen LogP) is 3.43. The summed E-state index contributed by atoms with van der Waals surface area (Å²) in [4.78, 5) is 13.1. The first-order valence-electron chi connectivity index (χ1n) is 7.45. The van der Waals surface area contributed by atoms with Crippen LogP contribution in [-0.4, -0.2) is 24.2 Å². The van der Waals surface area contributed by atoms with Crippen LogP contribution >= 0.6 is 11.3 Å². The fourth-order valence-corrected chi connectivity index (χ4v) is 3.17. The standard InChI is InChI=1S/C18H21NO2S/c20-13-11-16(17-7-4-14-22-17)10-12-19-18(21)9-8-15-5-2-1-3-6-15/h1-9,14,16,20H,10-13H2,(H,19,21). The van der Waals surface area contributed by atoms with Crippen molar-refractivity contribution >= 4 is 23.3 Å². The Bertz CT molecular complexity index is 578. The lowest BCUT2D eigenvalue weighted by atomic mass is 10.00. The van der Waals surface area contributed by atoms with Crippen LogP contribution in [0.15, 0.2) is 53.9 Å². The van der Waals surface area contributed by atoms with Gasteiger partial charge in [-0.05, 0) is 41.8 Å². The van der Waals surface area contributed by atoms with Crippen molar-refractivity contribution in [2.24, 2.45) is 0 Å². The van der Waals surface area contributed by atoms with Crippen molar-refractivity contribution in [1.29, 1.82) is 0 Å². The molecule has 1 unspecified atom stereocenters. The minimum atomic E-state index is -0.0854. The maximum atomic E-state index is 11.8. The van der Waals surface area contributed by atoms with Gasteiger partial charge in [-0.2, -0.15) is 0 Å². The molecule has 1 amide bonds. The summed E-state index contributed by atoms with van der Waals surface area (Å²) < 4.78 is 0. The number of nitrogens with one attached hydrogen (secondary N) is 1. The van der Waals surface area contributed by atoms with Gasteiger partial charge in [-0.1, -0.05) is 36.4 Å². The van der Waals surface area contributed by atoms with E-state index in [9.17, 15) is 4.79 Å². The summed E-state index contributed by atoms with van der Waals surface area (Å²) in [6, 6.07) is 13.9. The molecule has 0 aliphatic carbocycles. The maximum absolute atomic E-state index is 11.8. The summed E-state index contributed by atoms with van der Waals surface area (Å²) in [5.74, 6) is 0.223. The molecular weight excluding hydrogens is 294 g/mol. The second-order valence-corrected chi connectivity index (χ2v) is 6.03. The smallest absolute Gasteiger partial charge is 0.243 e. The molecule has 0 saturated heterocycles. The molecule has 2 N–H and O–H groups in total. The molecule has 1 heterocycles. The number of rotatable bonds is 8. The SMILES string of the molecule is O=C(C=Cc1ccccc1)NCCC(CCO)c1cccs1. The van der Waals surface area contributed by atoms with E-state index in [-0.39, 0.29) is 12.5 Å². The first kappa shape index (κ1) is 16.5. The van der Waals surface area contributed by atoms with Crippen LogP contribution in [0, 0.1) is 0 Å². The van der Waals surface area contributed by atoms with Crippen molar-refractivity contribution in [3.8, 4) is 0 Å². The molecule has 0 saturated carbocycles. The number of aliphatic hydroxyl groups excluding tert-OH is 1. The van der Waals surface area contributed by atoms with Crippen LogP contribution in [0.1, 0.15) is 29.2 Å². The largest absolute Gasteiger partial charge is 0.396 e. The Labute approximate surface area is 135 Å². The number of carbonyl (C=O) groups excluding carboxylic acids is 1. The molecule has 22 heavy (non-hydrogen) atoms. The molecule has 0 radical (unpaired) electrons. The quantitative estimate of drug-likeness (QED) is 0.733. The summed E-state index contributed by atoms with van der Waals surface area (Å²) in [5.41, 5.74) is 1.01. The van der Waals surface area contributed by atoms with Crippen molar-refractivity contribution in [2.45, 2.75) is 18.8 Å². The molecule has 0 spiro atoms. The van der Waals surface area contributed by atoms with E-state index >= 15 is 0 Å². The number of hydrogen-bond donors (Lipinski definition) is 2. The molecule has 0 fully saturated rings. The number of thiophene rings is 1. The monoisotopic (exact) mass is 315 g/mol. The van der Waals surface area contributed by atoms with E-state index in [1.807, 2.05) is 41.8 Å². The van der Waals surface area contributed by atoms with Gasteiger partial charge in [-0.15, -0.1) is 11.3 Å². The molecule has 3 nitrogen and oxygen atoms in total.